The minimum absolute atomic E-state index is 0.164. The van der Waals surface area contributed by atoms with E-state index < -0.39 is 6.10 Å². The van der Waals surface area contributed by atoms with Gasteiger partial charge in [0.25, 0.3) is 5.91 Å². The second-order valence-electron chi connectivity index (χ2n) is 5.87. The monoisotopic (exact) mass is 323 g/mol. The largest absolute Gasteiger partial charge is 0.481 e. The van der Waals surface area contributed by atoms with Gasteiger partial charge in [-0.3, -0.25) is 4.79 Å². The summed E-state index contributed by atoms with van der Waals surface area (Å²) in [5.74, 6) is 1.33. The van der Waals surface area contributed by atoms with E-state index in [4.69, 9.17) is 4.74 Å². The van der Waals surface area contributed by atoms with E-state index in [1.807, 2.05) is 67.1 Å². The van der Waals surface area contributed by atoms with Crippen molar-refractivity contribution in [1.29, 1.82) is 0 Å². The van der Waals surface area contributed by atoms with Crippen LogP contribution in [0.2, 0.25) is 0 Å². The Labute approximate surface area is 141 Å². The van der Waals surface area contributed by atoms with Crippen LogP contribution < -0.4 is 10.1 Å². The van der Waals surface area contributed by atoms with Gasteiger partial charge in [0.15, 0.2) is 6.10 Å². The molecule has 3 aromatic rings. The highest BCUT2D eigenvalue weighted by Gasteiger charge is 2.15. The summed E-state index contributed by atoms with van der Waals surface area (Å²) in [4.78, 5) is 16.8. The lowest BCUT2D eigenvalue weighted by atomic mass is 10.2. The molecule has 124 valence electrons. The van der Waals surface area contributed by atoms with Crippen LogP contribution in [0.25, 0.3) is 11.0 Å². The molecule has 1 atom stereocenters. The standard InChI is InChI=1S/C19H21N3O2/c1-13-8-10-15(11-9-13)24-14(2)19(23)20-12-18-21-16-6-4-5-7-17(16)22(18)3/h4-11,14H,12H2,1-3H3,(H,20,23). The van der Waals surface area contributed by atoms with E-state index in [1.165, 1.54) is 0 Å². The van der Waals surface area contributed by atoms with E-state index in [2.05, 4.69) is 10.3 Å². The summed E-state index contributed by atoms with van der Waals surface area (Å²) in [5.41, 5.74) is 3.13. The average Bonchev–Trinajstić information content (AvgIpc) is 2.91. The average molecular weight is 323 g/mol. The zero-order valence-electron chi connectivity index (χ0n) is 14.1. The molecule has 0 saturated carbocycles. The molecule has 5 heteroatoms. The van der Waals surface area contributed by atoms with E-state index in [0.29, 0.717) is 12.3 Å². The Hall–Kier alpha value is -2.82. The Kier molecular flexibility index (Phi) is 4.51. The first-order valence-electron chi connectivity index (χ1n) is 7.96. The number of para-hydroxylation sites is 2. The fourth-order valence-corrected chi connectivity index (χ4v) is 2.54. The van der Waals surface area contributed by atoms with Crippen molar-refractivity contribution < 1.29 is 9.53 Å². The summed E-state index contributed by atoms with van der Waals surface area (Å²) in [5, 5.41) is 2.88. The van der Waals surface area contributed by atoms with Gasteiger partial charge in [0.05, 0.1) is 17.6 Å². The number of hydrogen-bond donors (Lipinski definition) is 1. The molecule has 5 nitrogen and oxygen atoms in total. The van der Waals surface area contributed by atoms with Gasteiger partial charge >= 0.3 is 0 Å². The summed E-state index contributed by atoms with van der Waals surface area (Å²) in [7, 11) is 1.95. The van der Waals surface area contributed by atoms with Gasteiger partial charge in [0.1, 0.15) is 11.6 Å². The number of hydrogen-bond acceptors (Lipinski definition) is 3. The molecule has 1 N–H and O–H groups in total. The van der Waals surface area contributed by atoms with Crippen molar-refractivity contribution in [3.05, 3.63) is 59.9 Å². The summed E-state index contributed by atoms with van der Waals surface area (Å²) < 4.78 is 7.66. The number of imidazole rings is 1. The Bertz CT molecular complexity index is 853. The number of nitrogens with zero attached hydrogens (tertiary/aromatic N) is 2. The summed E-state index contributed by atoms with van der Waals surface area (Å²) >= 11 is 0. The van der Waals surface area contributed by atoms with Gasteiger partial charge in [-0.1, -0.05) is 29.8 Å². The van der Waals surface area contributed by atoms with Crippen molar-refractivity contribution in [3.63, 3.8) is 0 Å². The first kappa shape index (κ1) is 16.1. The first-order valence-corrected chi connectivity index (χ1v) is 7.96. The number of aromatic nitrogens is 2. The fourth-order valence-electron chi connectivity index (χ4n) is 2.54. The van der Waals surface area contributed by atoms with Crippen molar-refractivity contribution in [3.8, 4) is 5.75 Å². The third-order valence-corrected chi connectivity index (χ3v) is 4.00. The van der Waals surface area contributed by atoms with Crippen LogP contribution in [0, 0.1) is 6.92 Å². The van der Waals surface area contributed by atoms with Crippen LogP contribution in [-0.4, -0.2) is 21.6 Å². The van der Waals surface area contributed by atoms with Crippen molar-refractivity contribution in [2.24, 2.45) is 7.05 Å². The molecule has 0 bridgehead atoms. The highest BCUT2D eigenvalue weighted by atomic mass is 16.5. The SMILES string of the molecule is Cc1ccc(OC(C)C(=O)NCc2nc3ccccc3n2C)cc1. The first-order chi connectivity index (χ1) is 11.5. The van der Waals surface area contributed by atoms with Crippen LogP contribution in [0.1, 0.15) is 18.3 Å². The third kappa shape index (κ3) is 3.40. The zero-order chi connectivity index (χ0) is 17.1. The maximum atomic E-state index is 12.2. The van der Waals surface area contributed by atoms with E-state index in [0.717, 1.165) is 22.4 Å². The van der Waals surface area contributed by atoms with Crippen molar-refractivity contribution in [1.82, 2.24) is 14.9 Å². The molecule has 0 aliphatic rings. The Balaban J connectivity index is 1.61. The van der Waals surface area contributed by atoms with Crippen LogP contribution in [0.15, 0.2) is 48.5 Å². The molecule has 1 unspecified atom stereocenters. The molecule has 0 aliphatic heterocycles. The van der Waals surface area contributed by atoms with Gasteiger partial charge in [0, 0.05) is 7.05 Å². The van der Waals surface area contributed by atoms with Gasteiger partial charge in [-0.15, -0.1) is 0 Å². The van der Waals surface area contributed by atoms with Crippen molar-refractivity contribution >= 4 is 16.9 Å². The van der Waals surface area contributed by atoms with Gasteiger partial charge in [0.2, 0.25) is 0 Å². The van der Waals surface area contributed by atoms with E-state index in [-0.39, 0.29) is 5.91 Å². The van der Waals surface area contributed by atoms with Crippen LogP contribution >= 0.6 is 0 Å². The molecular formula is C19H21N3O2. The number of fused-ring (bicyclic) bond motifs is 1. The molecule has 1 aromatic heterocycles. The molecule has 3 rings (SSSR count). The minimum atomic E-state index is -0.567. The lowest BCUT2D eigenvalue weighted by Crippen LogP contribution is -2.36. The topological polar surface area (TPSA) is 56.1 Å². The molecule has 0 fully saturated rings. The fraction of sp³-hybridized carbons (Fsp3) is 0.263. The predicted molar refractivity (Wildman–Crippen MR) is 93.8 cm³/mol. The lowest BCUT2D eigenvalue weighted by molar-refractivity contribution is -0.127. The second kappa shape index (κ2) is 6.74. The quantitative estimate of drug-likeness (QED) is 0.785. The molecule has 0 spiro atoms. The molecule has 1 heterocycles. The molecule has 0 radical (unpaired) electrons. The maximum absolute atomic E-state index is 12.2. The van der Waals surface area contributed by atoms with E-state index in [1.54, 1.807) is 6.92 Å². The molecule has 0 aliphatic carbocycles. The van der Waals surface area contributed by atoms with E-state index in [9.17, 15) is 4.79 Å². The van der Waals surface area contributed by atoms with Crippen LogP contribution in [0.5, 0.6) is 5.75 Å². The van der Waals surface area contributed by atoms with Gasteiger partial charge < -0.3 is 14.6 Å². The van der Waals surface area contributed by atoms with Gasteiger partial charge in [-0.2, -0.15) is 0 Å². The van der Waals surface area contributed by atoms with Crippen molar-refractivity contribution in [2.45, 2.75) is 26.5 Å². The molecule has 2 aromatic carbocycles. The highest BCUT2D eigenvalue weighted by molar-refractivity contribution is 5.81. The maximum Gasteiger partial charge on any atom is 0.261 e. The Morgan fingerprint density at radius 2 is 1.92 bits per heavy atom. The normalized spacial score (nSPS) is 12.1. The summed E-state index contributed by atoms with van der Waals surface area (Å²) in [6.07, 6.45) is -0.567. The highest BCUT2D eigenvalue weighted by Crippen LogP contribution is 2.15. The Morgan fingerprint density at radius 1 is 1.21 bits per heavy atom. The lowest BCUT2D eigenvalue weighted by Gasteiger charge is -2.14. The number of carbonyl (C=O) groups is 1. The van der Waals surface area contributed by atoms with Crippen LogP contribution in [0.4, 0.5) is 0 Å². The number of rotatable bonds is 5. The molecule has 24 heavy (non-hydrogen) atoms. The number of amides is 1. The number of carbonyl (C=O) groups excluding carboxylic acids is 1. The minimum Gasteiger partial charge on any atom is -0.481 e. The van der Waals surface area contributed by atoms with Crippen LogP contribution in [0.3, 0.4) is 0 Å². The number of nitrogens with one attached hydrogen (secondary N) is 1. The number of benzene rings is 2. The predicted octanol–water partition coefficient (Wildman–Crippen LogP) is 2.97. The van der Waals surface area contributed by atoms with Crippen molar-refractivity contribution in [2.75, 3.05) is 0 Å². The number of aryl methyl sites for hydroxylation is 2. The zero-order valence-corrected chi connectivity index (χ0v) is 14.1. The smallest absolute Gasteiger partial charge is 0.261 e. The summed E-state index contributed by atoms with van der Waals surface area (Å²) in [6.45, 7) is 4.12. The molecule has 1 amide bonds. The Morgan fingerprint density at radius 3 is 2.62 bits per heavy atom. The second-order valence-corrected chi connectivity index (χ2v) is 5.87. The van der Waals surface area contributed by atoms with E-state index >= 15 is 0 Å². The molecule has 0 saturated heterocycles. The van der Waals surface area contributed by atoms with Crippen LogP contribution in [-0.2, 0) is 18.4 Å². The summed E-state index contributed by atoms with van der Waals surface area (Å²) in [6, 6.07) is 15.5. The van der Waals surface area contributed by atoms with Gasteiger partial charge in [-0.05, 0) is 38.1 Å². The third-order valence-electron chi connectivity index (χ3n) is 4.00. The molecular weight excluding hydrogens is 302 g/mol. The van der Waals surface area contributed by atoms with Gasteiger partial charge in [-0.25, -0.2) is 4.98 Å². The number of ether oxygens (including phenoxy) is 1.